The van der Waals surface area contributed by atoms with Crippen molar-refractivity contribution in [2.75, 3.05) is 7.11 Å². The first-order chi connectivity index (χ1) is 12.0. The molecule has 0 atom stereocenters. The Morgan fingerprint density at radius 3 is 2.80 bits per heavy atom. The molecule has 0 fully saturated rings. The Balaban J connectivity index is 1.80. The van der Waals surface area contributed by atoms with Gasteiger partial charge in [0.1, 0.15) is 18.0 Å². The third-order valence-electron chi connectivity index (χ3n) is 3.68. The van der Waals surface area contributed by atoms with Crippen LogP contribution in [0, 0.1) is 6.92 Å². The molecule has 25 heavy (non-hydrogen) atoms. The van der Waals surface area contributed by atoms with Gasteiger partial charge in [0, 0.05) is 12.3 Å². The molecular formula is C18H15BrN2O4. The van der Waals surface area contributed by atoms with Gasteiger partial charge in [-0.2, -0.15) is 0 Å². The van der Waals surface area contributed by atoms with E-state index in [-0.39, 0.29) is 12.2 Å². The predicted molar refractivity (Wildman–Crippen MR) is 96.0 cm³/mol. The average Bonchev–Trinajstić information content (AvgIpc) is 2.60. The molecule has 1 aromatic carbocycles. The number of ether oxygens (including phenoxy) is 2. The molecule has 0 radical (unpaired) electrons. The number of nitrogens with zero attached hydrogens (tertiary/aromatic N) is 2. The van der Waals surface area contributed by atoms with Crippen molar-refractivity contribution >= 4 is 27.5 Å². The van der Waals surface area contributed by atoms with Crippen LogP contribution in [0.15, 0.2) is 51.9 Å². The third-order valence-corrected chi connectivity index (χ3v) is 4.30. The minimum Gasteiger partial charge on any atom is -0.496 e. The van der Waals surface area contributed by atoms with E-state index >= 15 is 0 Å². The summed E-state index contributed by atoms with van der Waals surface area (Å²) in [6.07, 6.45) is 1.66. The molecule has 0 saturated heterocycles. The number of carbonyl (C=O) groups is 1. The van der Waals surface area contributed by atoms with Gasteiger partial charge in [-0.15, -0.1) is 0 Å². The van der Waals surface area contributed by atoms with E-state index in [9.17, 15) is 9.59 Å². The first-order valence-electron chi connectivity index (χ1n) is 7.48. The van der Waals surface area contributed by atoms with Gasteiger partial charge in [0.15, 0.2) is 0 Å². The van der Waals surface area contributed by atoms with Crippen molar-refractivity contribution in [3.05, 3.63) is 74.2 Å². The SMILES string of the molecule is COc1ccc(C(=O)OCc2cc(=O)n3cccc(C)c3n2)cc1Br. The molecule has 0 spiro atoms. The zero-order valence-corrected chi connectivity index (χ0v) is 15.2. The van der Waals surface area contributed by atoms with E-state index in [1.54, 1.807) is 37.6 Å². The number of fused-ring (bicyclic) bond motifs is 1. The van der Waals surface area contributed by atoms with Gasteiger partial charge in [0.2, 0.25) is 0 Å². The summed E-state index contributed by atoms with van der Waals surface area (Å²) < 4.78 is 12.5. The minimum absolute atomic E-state index is 0.0808. The second kappa shape index (κ2) is 7.06. The quantitative estimate of drug-likeness (QED) is 0.626. The number of methoxy groups -OCH3 is 1. The first kappa shape index (κ1) is 17.2. The maximum absolute atomic E-state index is 12.2. The summed E-state index contributed by atoms with van der Waals surface area (Å²) >= 11 is 3.33. The zero-order chi connectivity index (χ0) is 18.0. The van der Waals surface area contributed by atoms with E-state index in [1.165, 1.54) is 10.5 Å². The Morgan fingerprint density at radius 2 is 2.08 bits per heavy atom. The van der Waals surface area contributed by atoms with E-state index < -0.39 is 5.97 Å². The fourth-order valence-corrected chi connectivity index (χ4v) is 2.94. The summed E-state index contributed by atoms with van der Waals surface area (Å²) in [5.41, 5.74) is 1.98. The van der Waals surface area contributed by atoms with Gasteiger partial charge >= 0.3 is 5.97 Å². The molecule has 0 amide bonds. The van der Waals surface area contributed by atoms with Crippen LogP contribution >= 0.6 is 15.9 Å². The van der Waals surface area contributed by atoms with Crippen LogP contribution in [-0.2, 0) is 11.3 Å². The van der Waals surface area contributed by atoms with E-state index in [0.29, 0.717) is 27.1 Å². The maximum atomic E-state index is 12.2. The van der Waals surface area contributed by atoms with Crippen molar-refractivity contribution in [3.63, 3.8) is 0 Å². The standard InChI is InChI=1S/C18H15BrN2O4/c1-11-4-3-7-21-16(22)9-13(20-17(11)21)10-25-18(23)12-5-6-15(24-2)14(19)8-12/h3-9H,10H2,1-2H3. The molecule has 6 nitrogen and oxygen atoms in total. The summed E-state index contributed by atoms with van der Waals surface area (Å²) in [4.78, 5) is 28.7. The van der Waals surface area contributed by atoms with Crippen LogP contribution in [0.3, 0.4) is 0 Å². The van der Waals surface area contributed by atoms with E-state index in [0.717, 1.165) is 5.56 Å². The van der Waals surface area contributed by atoms with Crippen LogP contribution in [0.25, 0.3) is 5.65 Å². The summed E-state index contributed by atoms with van der Waals surface area (Å²) in [5.74, 6) is 0.117. The van der Waals surface area contributed by atoms with Crippen molar-refractivity contribution in [2.45, 2.75) is 13.5 Å². The molecule has 0 aliphatic carbocycles. The lowest BCUT2D eigenvalue weighted by molar-refractivity contribution is 0.0467. The molecule has 0 aliphatic heterocycles. The Bertz CT molecular complexity index is 1010. The Morgan fingerprint density at radius 1 is 1.28 bits per heavy atom. The van der Waals surface area contributed by atoms with Crippen LogP contribution < -0.4 is 10.3 Å². The number of aromatic nitrogens is 2. The summed E-state index contributed by atoms with van der Waals surface area (Å²) in [6, 6.07) is 9.92. The molecule has 3 aromatic rings. The van der Waals surface area contributed by atoms with Crippen molar-refractivity contribution in [1.29, 1.82) is 0 Å². The van der Waals surface area contributed by atoms with Crippen molar-refractivity contribution in [2.24, 2.45) is 0 Å². The summed E-state index contributed by atoms with van der Waals surface area (Å²) in [6.45, 7) is 1.79. The van der Waals surface area contributed by atoms with Gasteiger partial charge in [0.25, 0.3) is 5.56 Å². The van der Waals surface area contributed by atoms with Gasteiger partial charge in [-0.3, -0.25) is 9.20 Å². The molecule has 0 unspecified atom stereocenters. The number of halogens is 1. The topological polar surface area (TPSA) is 69.9 Å². The Hall–Kier alpha value is -2.67. The lowest BCUT2D eigenvalue weighted by atomic mass is 10.2. The van der Waals surface area contributed by atoms with E-state index in [4.69, 9.17) is 9.47 Å². The van der Waals surface area contributed by atoms with Gasteiger partial charge < -0.3 is 9.47 Å². The number of hydrogen-bond donors (Lipinski definition) is 0. The number of esters is 1. The van der Waals surface area contributed by atoms with Crippen LogP contribution in [0.5, 0.6) is 5.75 Å². The van der Waals surface area contributed by atoms with Gasteiger partial charge in [-0.1, -0.05) is 6.07 Å². The van der Waals surface area contributed by atoms with E-state index in [2.05, 4.69) is 20.9 Å². The molecule has 0 N–H and O–H groups in total. The molecule has 0 aliphatic rings. The number of rotatable bonds is 4. The van der Waals surface area contributed by atoms with E-state index in [1.807, 2.05) is 13.0 Å². The van der Waals surface area contributed by atoms with Crippen LogP contribution in [0.2, 0.25) is 0 Å². The molecular weight excluding hydrogens is 388 g/mol. The minimum atomic E-state index is -0.505. The van der Waals surface area contributed by atoms with Crippen molar-refractivity contribution < 1.29 is 14.3 Å². The number of benzene rings is 1. The fourth-order valence-electron chi connectivity index (χ4n) is 2.40. The third kappa shape index (κ3) is 3.56. The highest BCUT2D eigenvalue weighted by atomic mass is 79.9. The van der Waals surface area contributed by atoms with Gasteiger partial charge in [-0.25, -0.2) is 9.78 Å². The molecule has 128 valence electrons. The first-order valence-corrected chi connectivity index (χ1v) is 8.27. The Labute approximate surface area is 152 Å². The smallest absolute Gasteiger partial charge is 0.338 e. The highest BCUT2D eigenvalue weighted by Gasteiger charge is 2.12. The van der Waals surface area contributed by atoms with Gasteiger partial charge in [-0.05, 0) is 52.7 Å². The van der Waals surface area contributed by atoms with Crippen LogP contribution in [0.4, 0.5) is 0 Å². The molecule has 2 aromatic heterocycles. The Kier molecular flexibility index (Phi) is 4.85. The molecule has 0 bridgehead atoms. The second-order valence-electron chi connectivity index (χ2n) is 5.40. The second-order valence-corrected chi connectivity index (χ2v) is 6.25. The number of pyridine rings is 1. The highest BCUT2D eigenvalue weighted by Crippen LogP contribution is 2.25. The summed E-state index contributed by atoms with van der Waals surface area (Å²) in [5, 5.41) is 0. The molecule has 0 saturated carbocycles. The summed E-state index contributed by atoms with van der Waals surface area (Å²) in [7, 11) is 1.55. The van der Waals surface area contributed by atoms with Crippen LogP contribution in [0.1, 0.15) is 21.6 Å². The van der Waals surface area contributed by atoms with Crippen LogP contribution in [-0.4, -0.2) is 22.5 Å². The largest absolute Gasteiger partial charge is 0.496 e. The van der Waals surface area contributed by atoms with Crippen molar-refractivity contribution in [3.8, 4) is 5.75 Å². The highest BCUT2D eigenvalue weighted by molar-refractivity contribution is 9.10. The lowest BCUT2D eigenvalue weighted by Crippen LogP contribution is -2.17. The fraction of sp³-hybridized carbons (Fsp3) is 0.167. The average molecular weight is 403 g/mol. The van der Waals surface area contributed by atoms with Crippen molar-refractivity contribution in [1.82, 2.24) is 9.38 Å². The lowest BCUT2D eigenvalue weighted by Gasteiger charge is -2.08. The number of carbonyl (C=O) groups excluding carboxylic acids is 1. The molecule has 2 heterocycles. The maximum Gasteiger partial charge on any atom is 0.338 e. The zero-order valence-electron chi connectivity index (χ0n) is 13.7. The monoisotopic (exact) mass is 402 g/mol. The normalized spacial score (nSPS) is 10.7. The number of aryl methyl sites for hydroxylation is 1. The molecule has 3 rings (SSSR count). The van der Waals surface area contributed by atoms with Gasteiger partial charge in [0.05, 0.1) is 22.8 Å². The molecule has 7 heteroatoms. The predicted octanol–water partition coefficient (Wildman–Crippen LogP) is 3.13. The number of hydrogen-bond acceptors (Lipinski definition) is 5.